The van der Waals surface area contributed by atoms with E-state index in [1.54, 1.807) is 0 Å². The van der Waals surface area contributed by atoms with Crippen LogP contribution in [0.2, 0.25) is 19.6 Å². The van der Waals surface area contributed by atoms with Crippen molar-refractivity contribution in [1.29, 1.82) is 0 Å². The summed E-state index contributed by atoms with van der Waals surface area (Å²) in [5.74, 6) is 0.120. The lowest BCUT2D eigenvalue weighted by molar-refractivity contribution is -0.115. The van der Waals surface area contributed by atoms with E-state index in [0.717, 1.165) is 10.8 Å². The zero-order valence-corrected chi connectivity index (χ0v) is 10.4. The highest BCUT2D eigenvalue weighted by Gasteiger charge is 2.47. The Morgan fingerprint density at radius 3 is 2.33 bits per heavy atom. The van der Waals surface area contributed by atoms with E-state index < -0.39 is 20.3 Å². The first-order valence-corrected chi connectivity index (χ1v) is 8.95. The molecule has 1 saturated carbocycles. The topological polar surface area (TPSA) is 57.5 Å². The van der Waals surface area contributed by atoms with E-state index in [4.69, 9.17) is 0 Å². The van der Waals surface area contributed by atoms with Gasteiger partial charge in [-0.3, -0.25) is 4.79 Å². The van der Waals surface area contributed by atoms with Crippen LogP contribution < -0.4 is 0 Å². The molecule has 0 aromatic heterocycles. The molecule has 0 spiro atoms. The van der Waals surface area contributed by atoms with E-state index in [9.17, 15) is 15.0 Å². The third-order valence-corrected chi connectivity index (χ3v) is 5.54. The van der Waals surface area contributed by atoms with E-state index in [-0.39, 0.29) is 11.7 Å². The maximum atomic E-state index is 11.9. The first kappa shape index (κ1) is 11.0. The SMILES string of the molecule is C[Si](C)(C)C1=C2C[C@H](O)[C@@H](O)[C@H]2CC1=O. The normalized spacial score (nSPS) is 36.3. The van der Waals surface area contributed by atoms with Crippen LogP contribution in [0.4, 0.5) is 0 Å². The second-order valence-electron chi connectivity index (χ2n) is 5.65. The maximum Gasteiger partial charge on any atom is 0.155 e. The fourth-order valence-electron chi connectivity index (χ4n) is 2.88. The molecular formula is C11H18O3Si. The zero-order chi connectivity index (χ0) is 11.4. The van der Waals surface area contributed by atoms with Crippen molar-refractivity contribution < 1.29 is 15.0 Å². The Labute approximate surface area is 90.8 Å². The van der Waals surface area contributed by atoms with Crippen LogP contribution in [-0.4, -0.2) is 36.3 Å². The molecule has 3 atom stereocenters. The smallest absolute Gasteiger partial charge is 0.155 e. The summed E-state index contributed by atoms with van der Waals surface area (Å²) in [6.45, 7) is 6.44. The third kappa shape index (κ3) is 1.60. The number of aliphatic hydroxyl groups is 2. The standard InChI is InChI=1S/C11H18O3Si/c1-15(2,3)11-7-5-8(12)10(14)6(7)4-9(11)13/h6,8,10,12,14H,4-5H2,1-3H3/t6-,8-,10-/m0/s1. The minimum absolute atomic E-state index is 0.0887. The molecule has 2 N–H and O–H groups in total. The van der Waals surface area contributed by atoms with Crippen molar-refractivity contribution in [1.82, 2.24) is 0 Å². The molecule has 0 amide bonds. The zero-order valence-electron chi connectivity index (χ0n) is 9.45. The largest absolute Gasteiger partial charge is 0.390 e. The van der Waals surface area contributed by atoms with Crippen LogP contribution >= 0.6 is 0 Å². The molecule has 0 radical (unpaired) electrons. The molecule has 4 heteroatoms. The van der Waals surface area contributed by atoms with Crippen LogP contribution in [-0.2, 0) is 4.79 Å². The Hall–Kier alpha value is -0.453. The number of rotatable bonds is 1. The second kappa shape index (κ2) is 3.27. The van der Waals surface area contributed by atoms with Crippen molar-refractivity contribution in [3.05, 3.63) is 10.8 Å². The molecule has 0 saturated heterocycles. The molecule has 3 nitrogen and oxygen atoms in total. The Morgan fingerprint density at radius 1 is 1.20 bits per heavy atom. The van der Waals surface area contributed by atoms with Gasteiger partial charge >= 0.3 is 0 Å². The van der Waals surface area contributed by atoms with E-state index in [2.05, 4.69) is 19.6 Å². The summed E-state index contributed by atoms with van der Waals surface area (Å²) in [5.41, 5.74) is 1.05. The molecule has 0 heterocycles. The summed E-state index contributed by atoms with van der Waals surface area (Å²) in [7, 11) is -1.62. The quantitative estimate of drug-likeness (QED) is 0.652. The number of aliphatic hydroxyl groups excluding tert-OH is 2. The molecule has 0 bridgehead atoms. The lowest BCUT2D eigenvalue weighted by Gasteiger charge is -2.18. The fourth-order valence-corrected chi connectivity index (χ4v) is 5.07. The molecule has 0 aromatic rings. The van der Waals surface area contributed by atoms with E-state index >= 15 is 0 Å². The lowest BCUT2D eigenvalue weighted by Crippen LogP contribution is -2.29. The minimum Gasteiger partial charge on any atom is -0.390 e. The molecule has 2 aliphatic carbocycles. The van der Waals surface area contributed by atoms with Gasteiger partial charge in [-0.2, -0.15) is 0 Å². The van der Waals surface area contributed by atoms with Crippen molar-refractivity contribution in [2.45, 2.75) is 44.7 Å². The Kier molecular flexibility index (Phi) is 2.41. The van der Waals surface area contributed by atoms with Crippen LogP contribution in [0.15, 0.2) is 10.8 Å². The Bertz CT molecular complexity index is 340. The molecule has 2 rings (SSSR count). The number of hydrogen-bond donors (Lipinski definition) is 2. The second-order valence-corrected chi connectivity index (χ2v) is 10.6. The molecule has 0 aliphatic heterocycles. The number of hydrogen-bond acceptors (Lipinski definition) is 3. The number of fused-ring (bicyclic) bond motifs is 1. The van der Waals surface area contributed by atoms with Gasteiger partial charge in [-0.1, -0.05) is 25.2 Å². The van der Waals surface area contributed by atoms with Crippen molar-refractivity contribution in [2.24, 2.45) is 5.92 Å². The summed E-state index contributed by atoms with van der Waals surface area (Å²) in [6, 6.07) is 0. The van der Waals surface area contributed by atoms with Crippen molar-refractivity contribution >= 4 is 13.9 Å². The number of ketones is 1. The first-order valence-electron chi connectivity index (χ1n) is 5.45. The lowest BCUT2D eigenvalue weighted by atomic mass is 10.0. The third-order valence-electron chi connectivity index (χ3n) is 3.44. The highest BCUT2D eigenvalue weighted by Crippen LogP contribution is 2.44. The first-order chi connectivity index (χ1) is 6.82. The molecule has 1 fully saturated rings. The van der Waals surface area contributed by atoms with Gasteiger partial charge < -0.3 is 10.2 Å². The molecule has 15 heavy (non-hydrogen) atoms. The van der Waals surface area contributed by atoms with Gasteiger partial charge in [0.2, 0.25) is 0 Å². The van der Waals surface area contributed by atoms with Gasteiger partial charge in [0.15, 0.2) is 5.78 Å². The number of carbonyl (C=O) groups is 1. The van der Waals surface area contributed by atoms with E-state index in [0.29, 0.717) is 12.8 Å². The molecule has 0 aromatic carbocycles. The van der Waals surface area contributed by atoms with Gasteiger partial charge in [-0.25, -0.2) is 0 Å². The van der Waals surface area contributed by atoms with Gasteiger partial charge in [0, 0.05) is 12.3 Å². The number of allylic oxidation sites excluding steroid dienone is 1. The van der Waals surface area contributed by atoms with Gasteiger partial charge in [-0.05, 0) is 11.6 Å². The molecule has 0 unspecified atom stereocenters. The van der Waals surface area contributed by atoms with Crippen LogP contribution in [0, 0.1) is 5.92 Å². The van der Waals surface area contributed by atoms with Gasteiger partial charge in [0.05, 0.1) is 20.3 Å². The van der Waals surface area contributed by atoms with Crippen LogP contribution in [0.5, 0.6) is 0 Å². The average Bonchev–Trinajstić information content (AvgIpc) is 2.50. The predicted molar refractivity (Wildman–Crippen MR) is 60.1 cm³/mol. The molecule has 84 valence electrons. The van der Waals surface area contributed by atoms with E-state index in [1.165, 1.54) is 0 Å². The predicted octanol–water partition coefficient (Wildman–Crippen LogP) is 0.875. The molecule has 2 aliphatic rings. The summed E-state index contributed by atoms with van der Waals surface area (Å²) >= 11 is 0. The van der Waals surface area contributed by atoms with Crippen LogP contribution in [0.25, 0.3) is 0 Å². The van der Waals surface area contributed by atoms with Crippen LogP contribution in [0.1, 0.15) is 12.8 Å². The highest BCUT2D eigenvalue weighted by atomic mass is 28.3. The van der Waals surface area contributed by atoms with Gasteiger partial charge in [0.1, 0.15) is 0 Å². The van der Waals surface area contributed by atoms with Crippen LogP contribution in [0.3, 0.4) is 0 Å². The van der Waals surface area contributed by atoms with E-state index in [1.807, 2.05) is 0 Å². The minimum atomic E-state index is -1.62. The van der Waals surface area contributed by atoms with Gasteiger partial charge in [0.25, 0.3) is 0 Å². The average molecular weight is 226 g/mol. The number of Topliss-reactive ketones (excluding diaryl/α,β-unsaturated/α-hetero) is 1. The highest BCUT2D eigenvalue weighted by molar-refractivity contribution is 6.87. The summed E-state index contributed by atoms with van der Waals surface area (Å²) in [4.78, 5) is 11.9. The fraction of sp³-hybridized carbons (Fsp3) is 0.727. The summed E-state index contributed by atoms with van der Waals surface area (Å²) in [6.07, 6.45) is -0.480. The maximum absolute atomic E-state index is 11.9. The summed E-state index contributed by atoms with van der Waals surface area (Å²) < 4.78 is 0. The van der Waals surface area contributed by atoms with Crippen molar-refractivity contribution in [3.63, 3.8) is 0 Å². The van der Waals surface area contributed by atoms with Gasteiger partial charge in [-0.15, -0.1) is 0 Å². The monoisotopic (exact) mass is 226 g/mol. The molecular weight excluding hydrogens is 208 g/mol. The number of carbonyl (C=O) groups excluding carboxylic acids is 1. The Morgan fingerprint density at radius 2 is 1.80 bits per heavy atom. The van der Waals surface area contributed by atoms with Crippen molar-refractivity contribution in [2.75, 3.05) is 0 Å². The van der Waals surface area contributed by atoms with Crippen molar-refractivity contribution in [3.8, 4) is 0 Å². The Balaban J connectivity index is 2.44. The summed E-state index contributed by atoms with van der Waals surface area (Å²) in [5, 5.41) is 20.3.